The number of aromatic nitrogens is 2. The highest BCUT2D eigenvalue weighted by Crippen LogP contribution is 2.24. The molecule has 14 heteroatoms. The van der Waals surface area contributed by atoms with Crippen LogP contribution in [0.15, 0.2) is 73.1 Å². The molecule has 50 heavy (non-hydrogen) atoms. The van der Waals surface area contributed by atoms with E-state index in [1.54, 1.807) is 48.5 Å². The van der Waals surface area contributed by atoms with Crippen LogP contribution in [0.2, 0.25) is 0 Å². The Labute approximate surface area is 288 Å². The van der Waals surface area contributed by atoms with Crippen LogP contribution in [0, 0.1) is 20.2 Å². The minimum absolute atomic E-state index is 0.0106. The molecule has 2 aliphatic heterocycles. The molecule has 6 rings (SSSR count). The van der Waals surface area contributed by atoms with E-state index in [2.05, 4.69) is 19.8 Å². The first-order chi connectivity index (χ1) is 23.7. The average Bonchev–Trinajstić information content (AvgIpc) is 3.07. The summed E-state index contributed by atoms with van der Waals surface area (Å²) in [5.74, 6) is -1.28. The Bertz CT molecular complexity index is 1890. The highest BCUT2D eigenvalue weighted by atomic mass is 16.6. The summed E-state index contributed by atoms with van der Waals surface area (Å²) in [6.45, 7) is 9.78. The van der Waals surface area contributed by atoms with Crippen LogP contribution in [0.5, 0.6) is 0 Å². The molecule has 2 aromatic carbocycles. The molecule has 1 N–H and O–H groups in total. The van der Waals surface area contributed by atoms with Crippen molar-refractivity contribution in [2.75, 3.05) is 13.1 Å². The zero-order chi connectivity index (χ0) is 36.0. The van der Waals surface area contributed by atoms with Gasteiger partial charge in [0.05, 0.1) is 21.0 Å². The van der Waals surface area contributed by atoms with Crippen LogP contribution in [0.1, 0.15) is 75.1 Å². The number of nitro groups is 2. The fourth-order valence-electron chi connectivity index (χ4n) is 5.77. The maximum Gasteiger partial charge on any atom is 0.338 e. The molecule has 0 radical (unpaired) electrons. The van der Waals surface area contributed by atoms with Gasteiger partial charge in [-0.1, -0.05) is 24.3 Å². The first-order valence-electron chi connectivity index (χ1n) is 16.1. The summed E-state index contributed by atoms with van der Waals surface area (Å²) in [4.78, 5) is 56.7. The molecule has 0 aliphatic carbocycles. The van der Waals surface area contributed by atoms with Crippen molar-refractivity contribution in [2.45, 2.75) is 65.4 Å². The molecule has 0 fully saturated rings. The Hall–Kier alpha value is -5.60. The lowest BCUT2D eigenvalue weighted by atomic mass is 10.0. The number of carbonyl (C=O) groups excluding carboxylic acids is 1. The summed E-state index contributed by atoms with van der Waals surface area (Å²) < 4.78 is 5.37. The molecule has 0 atom stereocenters. The smallest absolute Gasteiger partial charge is 0.338 e. The Morgan fingerprint density at radius 2 is 1.18 bits per heavy atom. The summed E-state index contributed by atoms with van der Waals surface area (Å²) in [5.41, 5.74) is 6.01. The molecule has 14 nitrogen and oxygen atoms in total. The zero-order valence-electron chi connectivity index (χ0n) is 28.1. The summed E-state index contributed by atoms with van der Waals surface area (Å²) in [6, 6.07) is 17.3. The highest BCUT2D eigenvalue weighted by Gasteiger charge is 2.22. The lowest BCUT2D eigenvalue weighted by molar-refractivity contribution is -0.385. The number of aromatic carboxylic acids is 1. The fraction of sp³-hybridized carbons (Fsp3) is 0.333. The number of pyridine rings is 2. The van der Waals surface area contributed by atoms with Crippen LogP contribution < -0.4 is 0 Å². The van der Waals surface area contributed by atoms with Gasteiger partial charge in [-0.2, -0.15) is 0 Å². The fourth-order valence-corrected chi connectivity index (χ4v) is 5.77. The molecule has 2 aromatic heterocycles. The Kier molecular flexibility index (Phi) is 10.9. The van der Waals surface area contributed by atoms with E-state index < -0.39 is 21.4 Å². The molecule has 0 saturated heterocycles. The monoisotopic (exact) mass is 682 g/mol. The van der Waals surface area contributed by atoms with Crippen molar-refractivity contribution in [3.63, 3.8) is 0 Å². The number of esters is 1. The van der Waals surface area contributed by atoms with E-state index in [0.29, 0.717) is 31.7 Å². The van der Waals surface area contributed by atoms with Crippen molar-refractivity contribution < 1.29 is 29.3 Å². The molecule has 0 spiro atoms. The highest BCUT2D eigenvalue weighted by molar-refractivity contribution is 5.89. The minimum atomic E-state index is -0.943. The van der Waals surface area contributed by atoms with E-state index in [0.717, 1.165) is 59.6 Å². The maximum absolute atomic E-state index is 12.1. The number of carboxylic acids is 1. The van der Waals surface area contributed by atoms with Crippen molar-refractivity contribution >= 4 is 23.3 Å². The van der Waals surface area contributed by atoms with Crippen LogP contribution in [0.25, 0.3) is 0 Å². The number of rotatable bonds is 8. The second-order valence-electron chi connectivity index (χ2n) is 13.2. The zero-order valence-corrected chi connectivity index (χ0v) is 28.1. The quantitative estimate of drug-likeness (QED) is 0.135. The molecule has 0 amide bonds. The second-order valence-corrected chi connectivity index (χ2v) is 13.2. The minimum Gasteiger partial charge on any atom is -0.478 e. The van der Waals surface area contributed by atoms with E-state index >= 15 is 0 Å². The lowest BCUT2D eigenvalue weighted by Crippen LogP contribution is -2.30. The van der Waals surface area contributed by atoms with E-state index in [4.69, 9.17) is 9.84 Å². The van der Waals surface area contributed by atoms with Crippen LogP contribution in [0.3, 0.4) is 0 Å². The summed E-state index contributed by atoms with van der Waals surface area (Å²) in [7, 11) is 0. The molecule has 2 aliphatic rings. The van der Waals surface area contributed by atoms with Gasteiger partial charge in [-0.3, -0.25) is 40.0 Å². The number of fused-ring (bicyclic) bond motifs is 2. The van der Waals surface area contributed by atoms with E-state index in [1.807, 2.05) is 32.9 Å². The van der Waals surface area contributed by atoms with Crippen LogP contribution >= 0.6 is 0 Å². The number of hydrogen-bond donors (Lipinski definition) is 1. The van der Waals surface area contributed by atoms with Gasteiger partial charge >= 0.3 is 11.9 Å². The van der Waals surface area contributed by atoms with Gasteiger partial charge in [-0.25, -0.2) is 9.59 Å². The maximum atomic E-state index is 12.1. The van der Waals surface area contributed by atoms with Gasteiger partial charge in [0.1, 0.15) is 18.0 Å². The Balaban J connectivity index is 0.000000197. The van der Waals surface area contributed by atoms with Crippen molar-refractivity contribution in [1.82, 2.24) is 19.8 Å². The number of ether oxygens (including phenoxy) is 1. The molecule has 4 aromatic rings. The molecule has 260 valence electrons. The molecule has 0 bridgehead atoms. The number of carboxylic acid groups (broad SMARTS) is 1. The summed E-state index contributed by atoms with van der Waals surface area (Å²) in [6.07, 6.45) is 4.15. The van der Waals surface area contributed by atoms with Gasteiger partial charge in [-0.05, 0) is 67.3 Å². The summed E-state index contributed by atoms with van der Waals surface area (Å²) in [5, 5.41) is 30.7. The molecule has 4 heterocycles. The molecular weight excluding hydrogens is 644 g/mol. The van der Waals surface area contributed by atoms with Crippen LogP contribution in [0.4, 0.5) is 11.4 Å². The van der Waals surface area contributed by atoms with Gasteiger partial charge in [0.15, 0.2) is 0 Å². The predicted octanol–water partition coefficient (Wildman–Crippen LogP) is 5.75. The van der Waals surface area contributed by atoms with E-state index in [9.17, 15) is 29.8 Å². The third-order valence-corrected chi connectivity index (χ3v) is 8.23. The van der Waals surface area contributed by atoms with Crippen LogP contribution in [-0.2, 0) is 43.8 Å². The van der Waals surface area contributed by atoms with E-state index in [1.165, 1.54) is 12.4 Å². The number of nitrogens with zero attached hydrogens (tertiary/aromatic N) is 6. The lowest BCUT2D eigenvalue weighted by Gasteiger charge is -2.28. The Morgan fingerprint density at radius 1 is 0.760 bits per heavy atom. The first-order valence-corrected chi connectivity index (χ1v) is 16.1. The largest absolute Gasteiger partial charge is 0.478 e. The third kappa shape index (κ3) is 9.51. The second kappa shape index (κ2) is 15.3. The van der Waals surface area contributed by atoms with Gasteiger partial charge in [0.25, 0.3) is 11.4 Å². The predicted molar refractivity (Wildman–Crippen MR) is 182 cm³/mol. The standard InChI is InChI=1S/C20H23N3O4.C16H15N3O4/c1-20(2,3)27-19(24)15-6-4-14(5-7-15)12-22-9-8-18-16(13-22)10-17(11-21-18)23(25)26;20-16(21)12-3-1-11(2-4-12)9-18-6-5-15-13(10-18)7-14(8-17-15)19(22)23/h4-7,10-11H,8-9,12-13H2,1-3H3;1-4,7-8H,5-6,9-10H2,(H,20,21). The molecule has 0 unspecified atom stereocenters. The SMILES string of the molecule is CC(C)(C)OC(=O)c1ccc(CN2CCc3ncc([N+](=O)[O-])cc3C2)cc1.O=C(O)c1ccc(CN2CCc3ncc([N+](=O)[O-])cc3C2)cc1. The van der Waals surface area contributed by atoms with Crippen molar-refractivity contribution in [2.24, 2.45) is 0 Å². The van der Waals surface area contributed by atoms with Crippen molar-refractivity contribution in [3.05, 3.63) is 138 Å². The molecular formula is C36H38N6O8. The third-order valence-electron chi connectivity index (χ3n) is 8.23. The number of benzene rings is 2. The van der Waals surface area contributed by atoms with Crippen molar-refractivity contribution in [3.8, 4) is 0 Å². The van der Waals surface area contributed by atoms with Gasteiger partial charge < -0.3 is 9.84 Å². The van der Waals surface area contributed by atoms with Gasteiger partial charge in [0.2, 0.25) is 0 Å². The van der Waals surface area contributed by atoms with Gasteiger partial charge in [-0.15, -0.1) is 0 Å². The topological polar surface area (TPSA) is 182 Å². The van der Waals surface area contributed by atoms with Crippen molar-refractivity contribution in [1.29, 1.82) is 0 Å². The van der Waals surface area contributed by atoms with Crippen LogP contribution in [-0.4, -0.2) is 65.4 Å². The Morgan fingerprint density at radius 3 is 1.56 bits per heavy atom. The van der Waals surface area contributed by atoms with Gasteiger partial charge in [0, 0.05) is 75.6 Å². The molecule has 0 saturated carbocycles. The number of hydrogen-bond acceptors (Lipinski definition) is 11. The van der Waals surface area contributed by atoms with E-state index in [-0.39, 0.29) is 22.9 Å². The first kappa shape index (κ1) is 35.7. The summed E-state index contributed by atoms with van der Waals surface area (Å²) >= 11 is 0. The normalized spacial score (nSPS) is 14.4. The number of carbonyl (C=O) groups is 2. The average molecular weight is 683 g/mol.